The number of hydrogen-bond acceptors (Lipinski definition) is 2. The zero-order valence-corrected chi connectivity index (χ0v) is 13.5. The number of amides is 2. The fourth-order valence-electron chi connectivity index (χ4n) is 2.23. The standard InChI is InChI=1S/C15H21BrN2O2/c1-11(9-19)18(2)14(20)17-10-15(6-7-15)12-4-3-5-13(16)8-12/h3-5,8,11,19H,6-7,9-10H2,1-2H3,(H,17,20). The number of halogens is 1. The van der Waals surface area contributed by atoms with E-state index in [0.717, 1.165) is 17.3 Å². The Hall–Kier alpha value is -1.07. The van der Waals surface area contributed by atoms with Crippen LogP contribution in [0.1, 0.15) is 25.3 Å². The number of benzene rings is 1. The van der Waals surface area contributed by atoms with Gasteiger partial charge in [-0.3, -0.25) is 0 Å². The van der Waals surface area contributed by atoms with E-state index in [-0.39, 0.29) is 24.1 Å². The minimum Gasteiger partial charge on any atom is -0.394 e. The molecule has 0 aromatic heterocycles. The van der Waals surface area contributed by atoms with Crippen molar-refractivity contribution in [3.63, 3.8) is 0 Å². The number of nitrogens with zero attached hydrogens (tertiary/aromatic N) is 1. The van der Waals surface area contributed by atoms with Gasteiger partial charge in [0.05, 0.1) is 12.6 Å². The van der Waals surface area contributed by atoms with Crippen molar-refractivity contribution in [2.75, 3.05) is 20.2 Å². The highest BCUT2D eigenvalue weighted by molar-refractivity contribution is 9.10. The highest BCUT2D eigenvalue weighted by Gasteiger charge is 2.44. The minimum absolute atomic E-state index is 0.0271. The van der Waals surface area contributed by atoms with E-state index in [0.29, 0.717) is 6.54 Å². The highest BCUT2D eigenvalue weighted by Crippen LogP contribution is 2.48. The summed E-state index contributed by atoms with van der Waals surface area (Å²) in [5, 5.41) is 12.1. The molecule has 1 saturated carbocycles. The first-order valence-electron chi connectivity index (χ1n) is 6.86. The molecule has 110 valence electrons. The predicted molar refractivity (Wildman–Crippen MR) is 82.8 cm³/mol. The first-order valence-corrected chi connectivity index (χ1v) is 7.65. The molecule has 1 aromatic rings. The second-order valence-electron chi connectivity index (χ2n) is 5.59. The summed E-state index contributed by atoms with van der Waals surface area (Å²) in [6.45, 7) is 2.44. The van der Waals surface area contributed by atoms with Crippen molar-refractivity contribution in [2.24, 2.45) is 0 Å². The van der Waals surface area contributed by atoms with Crippen molar-refractivity contribution in [1.29, 1.82) is 0 Å². The highest BCUT2D eigenvalue weighted by atomic mass is 79.9. The molecule has 20 heavy (non-hydrogen) atoms. The third kappa shape index (κ3) is 3.33. The molecule has 2 rings (SSSR count). The van der Waals surface area contributed by atoms with Crippen LogP contribution in [0.25, 0.3) is 0 Å². The molecule has 1 unspecified atom stereocenters. The van der Waals surface area contributed by atoms with Gasteiger partial charge in [0.15, 0.2) is 0 Å². The van der Waals surface area contributed by atoms with Crippen molar-refractivity contribution in [3.8, 4) is 0 Å². The Morgan fingerprint density at radius 3 is 2.80 bits per heavy atom. The van der Waals surface area contributed by atoms with Gasteiger partial charge in [-0.25, -0.2) is 4.79 Å². The summed E-state index contributed by atoms with van der Waals surface area (Å²) >= 11 is 3.49. The summed E-state index contributed by atoms with van der Waals surface area (Å²) in [6.07, 6.45) is 2.20. The molecule has 0 saturated heterocycles. The molecular formula is C15H21BrN2O2. The maximum absolute atomic E-state index is 12.0. The lowest BCUT2D eigenvalue weighted by atomic mass is 9.96. The summed E-state index contributed by atoms with van der Waals surface area (Å²) in [4.78, 5) is 13.5. The number of likely N-dealkylation sites (N-methyl/N-ethyl adjacent to an activating group) is 1. The number of carbonyl (C=O) groups is 1. The molecule has 2 amide bonds. The average Bonchev–Trinajstić information content (AvgIpc) is 3.24. The lowest BCUT2D eigenvalue weighted by Gasteiger charge is -2.25. The van der Waals surface area contributed by atoms with Crippen molar-refractivity contribution < 1.29 is 9.90 Å². The summed E-state index contributed by atoms with van der Waals surface area (Å²) in [6, 6.07) is 7.98. The van der Waals surface area contributed by atoms with Crippen LogP contribution < -0.4 is 5.32 Å². The van der Waals surface area contributed by atoms with Crippen LogP contribution in [0.2, 0.25) is 0 Å². The Bertz CT molecular complexity index is 489. The third-order valence-corrected chi connectivity index (χ3v) is 4.61. The molecule has 0 heterocycles. The monoisotopic (exact) mass is 340 g/mol. The molecule has 2 N–H and O–H groups in total. The van der Waals surface area contributed by atoms with Crippen molar-refractivity contribution in [3.05, 3.63) is 34.3 Å². The molecule has 1 aromatic carbocycles. The van der Waals surface area contributed by atoms with E-state index >= 15 is 0 Å². The number of rotatable bonds is 5. The predicted octanol–water partition coefficient (Wildman–Crippen LogP) is 2.50. The van der Waals surface area contributed by atoms with Gasteiger partial charge in [0, 0.05) is 23.5 Å². The Morgan fingerprint density at radius 1 is 1.55 bits per heavy atom. The molecule has 0 spiro atoms. The lowest BCUT2D eigenvalue weighted by Crippen LogP contribution is -2.45. The zero-order chi connectivity index (χ0) is 14.8. The van der Waals surface area contributed by atoms with Crippen LogP contribution in [0, 0.1) is 0 Å². The van der Waals surface area contributed by atoms with Crippen LogP contribution in [-0.4, -0.2) is 42.3 Å². The van der Waals surface area contributed by atoms with Crippen LogP contribution in [0.15, 0.2) is 28.7 Å². The van der Waals surface area contributed by atoms with Crippen LogP contribution in [0.5, 0.6) is 0 Å². The van der Waals surface area contributed by atoms with Gasteiger partial charge in [-0.15, -0.1) is 0 Å². The Balaban J connectivity index is 1.95. The topological polar surface area (TPSA) is 52.6 Å². The van der Waals surface area contributed by atoms with Crippen molar-refractivity contribution in [1.82, 2.24) is 10.2 Å². The van der Waals surface area contributed by atoms with E-state index in [1.54, 1.807) is 7.05 Å². The fourth-order valence-corrected chi connectivity index (χ4v) is 2.63. The number of carbonyl (C=O) groups excluding carboxylic acids is 1. The largest absolute Gasteiger partial charge is 0.394 e. The van der Waals surface area contributed by atoms with Crippen molar-refractivity contribution >= 4 is 22.0 Å². The van der Waals surface area contributed by atoms with Crippen LogP contribution in [0.4, 0.5) is 4.79 Å². The van der Waals surface area contributed by atoms with E-state index < -0.39 is 0 Å². The van der Waals surface area contributed by atoms with Gasteiger partial charge in [0.2, 0.25) is 0 Å². The maximum Gasteiger partial charge on any atom is 0.317 e. The third-order valence-electron chi connectivity index (χ3n) is 4.11. The molecular weight excluding hydrogens is 320 g/mol. The molecule has 1 fully saturated rings. The summed E-state index contributed by atoms with van der Waals surface area (Å²) in [5.41, 5.74) is 1.35. The van der Waals surface area contributed by atoms with Crippen LogP contribution in [-0.2, 0) is 5.41 Å². The number of nitrogens with one attached hydrogen (secondary N) is 1. The van der Waals surface area contributed by atoms with E-state index in [1.165, 1.54) is 10.5 Å². The van der Waals surface area contributed by atoms with E-state index in [2.05, 4.69) is 33.4 Å². The Kier molecular flexibility index (Phi) is 4.70. The lowest BCUT2D eigenvalue weighted by molar-refractivity contribution is 0.157. The molecule has 0 bridgehead atoms. The second kappa shape index (κ2) is 6.14. The quantitative estimate of drug-likeness (QED) is 0.865. The van der Waals surface area contributed by atoms with Gasteiger partial charge in [-0.2, -0.15) is 0 Å². The fraction of sp³-hybridized carbons (Fsp3) is 0.533. The first kappa shape index (κ1) is 15.3. The average molecular weight is 341 g/mol. The van der Waals surface area contributed by atoms with Gasteiger partial charge in [-0.05, 0) is 37.5 Å². The van der Waals surface area contributed by atoms with Crippen molar-refractivity contribution in [2.45, 2.75) is 31.2 Å². The number of aliphatic hydroxyl groups excluding tert-OH is 1. The number of aliphatic hydroxyl groups is 1. The summed E-state index contributed by atoms with van der Waals surface area (Å²) in [5.74, 6) is 0. The molecule has 0 radical (unpaired) electrons. The maximum atomic E-state index is 12.0. The van der Waals surface area contributed by atoms with Gasteiger partial charge in [-0.1, -0.05) is 28.1 Å². The van der Waals surface area contributed by atoms with Crippen LogP contribution in [0.3, 0.4) is 0 Å². The summed E-state index contributed by atoms with van der Waals surface area (Å²) in [7, 11) is 1.70. The molecule has 4 nitrogen and oxygen atoms in total. The molecule has 1 aliphatic rings. The second-order valence-corrected chi connectivity index (χ2v) is 6.51. The molecule has 1 aliphatic carbocycles. The van der Waals surface area contributed by atoms with Gasteiger partial charge < -0.3 is 15.3 Å². The summed E-state index contributed by atoms with van der Waals surface area (Å²) < 4.78 is 1.07. The molecule has 5 heteroatoms. The van der Waals surface area contributed by atoms with E-state index in [4.69, 9.17) is 5.11 Å². The van der Waals surface area contributed by atoms with Gasteiger partial charge in [0.1, 0.15) is 0 Å². The van der Waals surface area contributed by atoms with Gasteiger partial charge >= 0.3 is 6.03 Å². The number of urea groups is 1. The minimum atomic E-state index is -0.170. The van der Waals surface area contributed by atoms with Gasteiger partial charge in [0.25, 0.3) is 0 Å². The Labute approximate surface area is 128 Å². The normalized spacial score (nSPS) is 17.4. The van der Waals surface area contributed by atoms with Crippen LogP contribution >= 0.6 is 15.9 Å². The van der Waals surface area contributed by atoms with E-state index in [1.807, 2.05) is 19.1 Å². The smallest absolute Gasteiger partial charge is 0.317 e. The zero-order valence-electron chi connectivity index (χ0n) is 11.9. The number of hydrogen-bond donors (Lipinski definition) is 2. The molecule has 0 aliphatic heterocycles. The SMILES string of the molecule is CC(CO)N(C)C(=O)NCC1(c2cccc(Br)c2)CC1. The van der Waals surface area contributed by atoms with E-state index in [9.17, 15) is 4.79 Å². The molecule has 1 atom stereocenters. The Morgan fingerprint density at radius 2 is 2.25 bits per heavy atom. The first-order chi connectivity index (χ1) is 9.48.